The van der Waals surface area contributed by atoms with Gasteiger partial charge in [-0.25, -0.2) is 4.79 Å². The fraction of sp³-hybridized carbons (Fsp3) is 0.167. The van der Waals surface area contributed by atoms with Crippen LogP contribution >= 0.6 is 23.2 Å². The summed E-state index contributed by atoms with van der Waals surface area (Å²) in [4.78, 5) is 11.2. The van der Waals surface area contributed by atoms with Gasteiger partial charge in [0.1, 0.15) is 0 Å². The highest BCUT2D eigenvalue weighted by Gasteiger charge is 2.49. The zero-order valence-electron chi connectivity index (χ0n) is 12.0. The number of hydrogen-bond donors (Lipinski definition) is 1. The number of aromatic carboxylic acids is 1. The van der Waals surface area contributed by atoms with Gasteiger partial charge in [-0.3, -0.25) is 0 Å². The van der Waals surface area contributed by atoms with Crippen LogP contribution in [0.2, 0.25) is 10.0 Å². The summed E-state index contributed by atoms with van der Waals surface area (Å²) in [6, 6.07) is 3.70. The molecule has 7 nitrogen and oxygen atoms in total. The van der Waals surface area contributed by atoms with Crippen LogP contribution in [-0.2, 0) is 10.1 Å². The third-order valence-electron chi connectivity index (χ3n) is 2.88. The molecule has 1 aromatic heterocycles. The van der Waals surface area contributed by atoms with Gasteiger partial charge in [-0.05, 0) is 25.1 Å². The molecule has 0 spiro atoms. The first kappa shape index (κ1) is 19.3. The minimum atomic E-state index is -6.06. The van der Waals surface area contributed by atoms with Crippen LogP contribution in [0.15, 0.2) is 18.2 Å². The summed E-state index contributed by atoms with van der Waals surface area (Å²) in [6.07, 6.45) is 0. The maximum atomic E-state index is 12.6. The van der Waals surface area contributed by atoms with Crippen LogP contribution in [0.25, 0.3) is 5.69 Å². The molecule has 136 valence electrons. The quantitative estimate of drug-likeness (QED) is 0.603. The highest BCUT2D eigenvalue weighted by atomic mass is 35.5. The van der Waals surface area contributed by atoms with Crippen molar-refractivity contribution >= 4 is 39.3 Å². The lowest BCUT2D eigenvalue weighted by atomic mass is 10.2. The molecule has 0 aliphatic rings. The first-order chi connectivity index (χ1) is 11.3. The van der Waals surface area contributed by atoms with Gasteiger partial charge in [-0.1, -0.05) is 23.2 Å². The van der Waals surface area contributed by atoms with Crippen molar-refractivity contribution in [3.8, 4) is 11.6 Å². The minimum absolute atomic E-state index is 0.124. The van der Waals surface area contributed by atoms with Gasteiger partial charge in [-0.15, -0.1) is 0 Å². The summed E-state index contributed by atoms with van der Waals surface area (Å²) in [7, 11) is -6.06. The molecule has 1 aromatic carbocycles. The predicted molar refractivity (Wildman–Crippen MR) is 80.9 cm³/mol. The van der Waals surface area contributed by atoms with Crippen molar-refractivity contribution in [2.75, 3.05) is 0 Å². The Balaban J connectivity index is 2.72. The lowest BCUT2D eigenvalue weighted by molar-refractivity contribution is -0.0502. The number of aromatic nitrogens is 2. The summed E-state index contributed by atoms with van der Waals surface area (Å²) in [6.45, 7) is 1.04. The maximum absolute atomic E-state index is 12.6. The van der Waals surface area contributed by atoms with Crippen molar-refractivity contribution < 1.29 is 35.7 Å². The van der Waals surface area contributed by atoms with Crippen molar-refractivity contribution in [3.05, 3.63) is 39.5 Å². The molecule has 1 N–H and O–H groups in total. The number of halogens is 5. The highest BCUT2D eigenvalue weighted by molar-refractivity contribution is 7.88. The van der Waals surface area contributed by atoms with Gasteiger partial charge >= 0.3 is 21.6 Å². The molecule has 0 saturated carbocycles. The van der Waals surface area contributed by atoms with E-state index in [4.69, 9.17) is 28.3 Å². The lowest BCUT2D eigenvalue weighted by Crippen LogP contribution is -2.29. The molecular formula is C12H7Cl2F3N2O5S. The fourth-order valence-electron chi connectivity index (χ4n) is 1.75. The predicted octanol–water partition coefficient (Wildman–Crippen LogP) is 3.41. The van der Waals surface area contributed by atoms with Gasteiger partial charge in [0.25, 0.3) is 0 Å². The largest absolute Gasteiger partial charge is 0.534 e. The topological polar surface area (TPSA) is 98.5 Å². The first-order valence-corrected chi connectivity index (χ1v) is 8.30. The van der Waals surface area contributed by atoms with Crippen LogP contribution in [0.4, 0.5) is 13.2 Å². The number of carboxylic acid groups (broad SMARTS) is 1. The second-order valence-electron chi connectivity index (χ2n) is 4.57. The van der Waals surface area contributed by atoms with E-state index in [1.807, 2.05) is 0 Å². The smallest absolute Gasteiger partial charge is 0.476 e. The molecule has 25 heavy (non-hydrogen) atoms. The van der Waals surface area contributed by atoms with Gasteiger partial charge in [-0.2, -0.15) is 31.4 Å². The molecule has 13 heteroatoms. The van der Waals surface area contributed by atoms with E-state index in [0.29, 0.717) is 4.68 Å². The molecule has 0 unspecified atom stereocenters. The fourth-order valence-corrected chi connectivity index (χ4v) is 2.74. The third-order valence-corrected chi connectivity index (χ3v) is 4.36. The van der Waals surface area contributed by atoms with Crippen molar-refractivity contribution in [2.45, 2.75) is 12.4 Å². The molecule has 0 radical (unpaired) electrons. The molecule has 0 atom stereocenters. The van der Waals surface area contributed by atoms with Crippen molar-refractivity contribution in [2.24, 2.45) is 0 Å². The van der Waals surface area contributed by atoms with Gasteiger partial charge in [0.05, 0.1) is 10.7 Å². The Morgan fingerprint density at radius 3 is 2.40 bits per heavy atom. The summed E-state index contributed by atoms with van der Waals surface area (Å²) < 4.78 is 64.9. The number of carboxylic acids is 1. The van der Waals surface area contributed by atoms with Gasteiger partial charge in [0, 0.05) is 10.6 Å². The van der Waals surface area contributed by atoms with Gasteiger partial charge in [0.2, 0.25) is 5.88 Å². The normalized spacial score (nSPS) is 12.2. The van der Waals surface area contributed by atoms with E-state index in [9.17, 15) is 26.4 Å². The summed E-state index contributed by atoms with van der Waals surface area (Å²) in [5.74, 6) is -2.56. The van der Waals surface area contributed by atoms with Crippen LogP contribution in [0.1, 0.15) is 16.1 Å². The zero-order valence-corrected chi connectivity index (χ0v) is 14.3. The van der Waals surface area contributed by atoms with Crippen molar-refractivity contribution in [3.63, 3.8) is 0 Å². The van der Waals surface area contributed by atoms with Crippen LogP contribution in [0.3, 0.4) is 0 Å². The molecule has 0 saturated heterocycles. The Morgan fingerprint density at radius 1 is 1.32 bits per heavy atom. The zero-order chi connectivity index (χ0) is 19.2. The summed E-state index contributed by atoms with van der Waals surface area (Å²) in [5.41, 5.74) is -7.00. The second-order valence-corrected chi connectivity index (χ2v) is 6.96. The van der Waals surface area contributed by atoms with Crippen LogP contribution in [-0.4, -0.2) is 34.8 Å². The number of hydrogen-bond acceptors (Lipinski definition) is 5. The summed E-state index contributed by atoms with van der Waals surface area (Å²) >= 11 is 11.6. The number of alkyl halides is 3. The standard InChI is InChI=1S/C12H7Cl2F3N2O5S/c1-5-9(11(20)21)18-19(8-3-2-6(13)4-7(8)14)10(5)24-25(22,23)12(15,16)17/h2-4H,1H3,(H,20,21). The van der Waals surface area contributed by atoms with E-state index < -0.39 is 38.7 Å². The average Bonchev–Trinajstić information content (AvgIpc) is 2.75. The second kappa shape index (κ2) is 6.39. The van der Waals surface area contributed by atoms with Crippen molar-refractivity contribution in [1.29, 1.82) is 0 Å². The van der Waals surface area contributed by atoms with E-state index in [1.165, 1.54) is 18.2 Å². The van der Waals surface area contributed by atoms with Gasteiger partial charge in [0.15, 0.2) is 5.69 Å². The third kappa shape index (κ3) is 3.67. The number of carbonyl (C=O) groups is 1. The van der Waals surface area contributed by atoms with E-state index in [-0.39, 0.29) is 15.7 Å². The molecule has 2 rings (SSSR count). The van der Waals surface area contributed by atoms with E-state index >= 15 is 0 Å². The SMILES string of the molecule is Cc1c(C(=O)O)nn(-c2ccc(Cl)cc2Cl)c1OS(=O)(=O)C(F)(F)F. The molecule has 0 amide bonds. The Morgan fingerprint density at radius 2 is 1.92 bits per heavy atom. The molecule has 0 aliphatic carbocycles. The molecule has 0 fully saturated rings. The lowest BCUT2D eigenvalue weighted by Gasteiger charge is -2.12. The Kier molecular flexibility index (Phi) is 4.94. The molecule has 0 aliphatic heterocycles. The van der Waals surface area contributed by atoms with Crippen LogP contribution < -0.4 is 4.18 Å². The van der Waals surface area contributed by atoms with E-state index in [2.05, 4.69) is 9.28 Å². The molecular weight excluding hydrogens is 412 g/mol. The van der Waals surface area contributed by atoms with Gasteiger partial charge < -0.3 is 9.29 Å². The number of nitrogens with zero attached hydrogens (tertiary/aromatic N) is 2. The maximum Gasteiger partial charge on any atom is 0.534 e. The minimum Gasteiger partial charge on any atom is -0.476 e. The molecule has 2 aromatic rings. The Hall–Kier alpha value is -1.98. The Bertz CT molecular complexity index is 956. The van der Waals surface area contributed by atoms with Crippen molar-refractivity contribution in [1.82, 2.24) is 9.78 Å². The average molecular weight is 419 g/mol. The number of rotatable bonds is 4. The summed E-state index contributed by atoms with van der Waals surface area (Å²) in [5, 5.41) is 12.7. The van der Waals surface area contributed by atoms with E-state index in [0.717, 1.165) is 6.92 Å². The first-order valence-electron chi connectivity index (χ1n) is 6.14. The van der Waals surface area contributed by atoms with Crippen LogP contribution in [0, 0.1) is 6.92 Å². The molecule has 1 heterocycles. The highest BCUT2D eigenvalue weighted by Crippen LogP contribution is 2.34. The van der Waals surface area contributed by atoms with Crippen LogP contribution in [0.5, 0.6) is 5.88 Å². The number of benzene rings is 1. The molecule has 0 bridgehead atoms. The monoisotopic (exact) mass is 418 g/mol. The Labute approximate surface area is 148 Å². The van der Waals surface area contributed by atoms with E-state index in [1.54, 1.807) is 0 Å².